The van der Waals surface area contributed by atoms with E-state index in [1.165, 1.54) is 12.1 Å². The minimum atomic E-state index is -4.80. The number of oxazole rings is 1. The zero-order valence-electron chi connectivity index (χ0n) is 17.3. The molecule has 1 amide bonds. The lowest BCUT2D eigenvalue weighted by Crippen LogP contribution is -2.63. The first kappa shape index (κ1) is 22.0. The number of aromatic nitrogens is 1. The quantitative estimate of drug-likeness (QED) is 0.539. The van der Waals surface area contributed by atoms with Crippen LogP contribution in [0, 0.1) is 0 Å². The van der Waals surface area contributed by atoms with Crippen molar-refractivity contribution in [2.24, 2.45) is 0 Å². The minimum absolute atomic E-state index is 0.0510. The summed E-state index contributed by atoms with van der Waals surface area (Å²) in [7, 11) is 0. The van der Waals surface area contributed by atoms with Gasteiger partial charge in [-0.25, -0.2) is 4.79 Å². The number of anilines is 1. The molecule has 0 saturated carbocycles. The van der Waals surface area contributed by atoms with Crippen molar-refractivity contribution in [3.63, 3.8) is 0 Å². The number of alkyl halides is 3. The predicted octanol–water partition coefficient (Wildman–Crippen LogP) is 5.47. The Bertz CT molecular complexity index is 974. The molecule has 0 spiro atoms. The normalized spacial score (nSPS) is 22.0. The van der Waals surface area contributed by atoms with Crippen LogP contribution in [0.15, 0.2) is 21.0 Å². The molecule has 0 aliphatic carbocycles. The summed E-state index contributed by atoms with van der Waals surface area (Å²) in [5.74, 6) is -0.377. The van der Waals surface area contributed by atoms with Crippen LogP contribution in [0.2, 0.25) is 0 Å². The van der Waals surface area contributed by atoms with Gasteiger partial charge in [-0.15, -0.1) is 13.2 Å². The van der Waals surface area contributed by atoms with Gasteiger partial charge < -0.3 is 18.8 Å². The molecule has 2 bridgehead atoms. The van der Waals surface area contributed by atoms with E-state index in [-0.39, 0.29) is 29.4 Å². The van der Waals surface area contributed by atoms with Crippen LogP contribution in [0.3, 0.4) is 0 Å². The molecule has 1 aromatic carbocycles. The zero-order valence-corrected chi connectivity index (χ0v) is 18.9. The summed E-state index contributed by atoms with van der Waals surface area (Å²) in [5, 5.41) is 0. The predicted molar refractivity (Wildman–Crippen MR) is 110 cm³/mol. The summed E-state index contributed by atoms with van der Waals surface area (Å²) in [4.78, 5) is 20.9. The fraction of sp³-hybridized carbons (Fsp3) is 0.600. The molecule has 0 N–H and O–H groups in total. The Morgan fingerprint density at radius 1 is 1.19 bits per heavy atom. The highest BCUT2D eigenvalue weighted by Crippen LogP contribution is 2.37. The van der Waals surface area contributed by atoms with Crippen molar-refractivity contribution in [1.82, 2.24) is 9.88 Å². The first-order chi connectivity index (χ1) is 14.4. The largest absolute Gasteiger partial charge is 0.573 e. The second-order valence-electron chi connectivity index (χ2n) is 8.83. The van der Waals surface area contributed by atoms with E-state index >= 15 is 0 Å². The van der Waals surface area contributed by atoms with Crippen LogP contribution in [0.5, 0.6) is 5.75 Å². The summed E-state index contributed by atoms with van der Waals surface area (Å²) >= 11 is 3.23. The highest BCUT2D eigenvalue weighted by atomic mass is 79.9. The SMILES string of the molecule is CC(C)(C)OC(=O)N1C2CCCC1CN(c1nc3cc(OC(F)(F)F)cc(Br)c3o1)C2. The lowest BCUT2D eigenvalue weighted by Gasteiger charge is -2.49. The number of rotatable bonds is 2. The third-order valence-corrected chi connectivity index (χ3v) is 5.83. The van der Waals surface area contributed by atoms with Gasteiger partial charge in [0.05, 0.1) is 16.6 Å². The lowest BCUT2D eigenvalue weighted by atomic mass is 9.92. The molecular weight excluding hydrogens is 483 g/mol. The number of carbonyl (C=O) groups excluding carboxylic acids is 1. The molecule has 2 fully saturated rings. The highest BCUT2D eigenvalue weighted by molar-refractivity contribution is 9.10. The maximum atomic E-state index is 12.7. The van der Waals surface area contributed by atoms with E-state index < -0.39 is 12.0 Å². The van der Waals surface area contributed by atoms with E-state index in [2.05, 4.69) is 25.7 Å². The van der Waals surface area contributed by atoms with Gasteiger partial charge in [-0.3, -0.25) is 4.90 Å². The van der Waals surface area contributed by atoms with Gasteiger partial charge in [-0.1, -0.05) is 0 Å². The molecule has 2 aliphatic rings. The first-order valence-electron chi connectivity index (χ1n) is 10.0. The van der Waals surface area contributed by atoms with Gasteiger partial charge in [0.15, 0.2) is 5.58 Å². The second kappa shape index (κ2) is 7.75. The van der Waals surface area contributed by atoms with Gasteiger partial charge in [0.25, 0.3) is 6.01 Å². The number of halogens is 4. The van der Waals surface area contributed by atoms with E-state index in [1.807, 2.05) is 30.6 Å². The molecule has 4 rings (SSSR count). The molecule has 3 heterocycles. The van der Waals surface area contributed by atoms with E-state index in [0.29, 0.717) is 29.2 Å². The second-order valence-corrected chi connectivity index (χ2v) is 9.68. The maximum absolute atomic E-state index is 12.7. The summed E-state index contributed by atoms with van der Waals surface area (Å²) in [6.45, 7) is 6.52. The number of ether oxygens (including phenoxy) is 2. The summed E-state index contributed by atoms with van der Waals surface area (Å²) in [6, 6.07) is 2.59. The summed E-state index contributed by atoms with van der Waals surface area (Å²) < 4.78 is 53.5. The highest BCUT2D eigenvalue weighted by Gasteiger charge is 2.43. The molecule has 0 radical (unpaired) electrons. The number of nitrogens with zero attached hydrogens (tertiary/aromatic N) is 3. The third-order valence-electron chi connectivity index (χ3n) is 5.24. The molecule has 2 unspecified atom stereocenters. The number of piperazine rings is 1. The van der Waals surface area contributed by atoms with Crippen LogP contribution < -0.4 is 9.64 Å². The number of piperidine rings is 1. The van der Waals surface area contributed by atoms with E-state index in [0.717, 1.165) is 19.3 Å². The van der Waals surface area contributed by atoms with Crippen molar-refractivity contribution in [1.29, 1.82) is 0 Å². The topological polar surface area (TPSA) is 68.0 Å². The van der Waals surface area contributed by atoms with Crippen LogP contribution in [-0.4, -0.2) is 53.1 Å². The maximum Gasteiger partial charge on any atom is 0.573 e. The number of amides is 1. The van der Waals surface area contributed by atoms with Crippen molar-refractivity contribution in [3.05, 3.63) is 16.6 Å². The van der Waals surface area contributed by atoms with Crippen LogP contribution in [0.4, 0.5) is 24.0 Å². The monoisotopic (exact) mass is 505 g/mol. The van der Waals surface area contributed by atoms with Gasteiger partial charge in [0, 0.05) is 19.2 Å². The third kappa shape index (κ3) is 4.86. The molecule has 7 nitrogen and oxygen atoms in total. The molecule has 2 saturated heterocycles. The fourth-order valence-electron chi connectivity index (χ4n) is 4.16. The molecule has 1 aromatic heterocycles. The Morgan fingerprint density at radius 3 is 2.42 bits per heavy atom. The molecular formula is C20H23BrF3N3O4. The van der Waals surface area contributed by atoms with Crippen molar-refractivity contribution >= 4 is 39.1 Å². The average molecular weight is 506 g/mol. The Balaban J connectivity index is 1.57. The Morgan fingerprint density at radius 2 is 1.84 bits per heavy atom. The Kier molecular flexibility index (Phi) is 5.51. The molecule has 2 aliphatic heterocycles. The van der Waals surface area contributed by atoms with Crippen LogP contribution in [-0.2, 0) is 4.74 Å². The summed E-state index contributed by atoms with van der Waals surface area (Å²) in [6.07, 6.45) is -2.44. The number of carbonyl (C=O) groups is 1. The number of benzene rings is 1. The van der Waals surface area contributed by atoms with Gasteiger partial charge in [-0.05, 0) is 62.0 Å². The standard InChI is InChI=1S/C20H23BrF3N3O4/c1-19(2,3)31-18(28)27-11-5-4-6-12(27)10-26(9-11)17-25-15-8-13(30-20(22,23)24)7-14(21)16(15)29-17/h7-8,11-12H,4-6,9-10H2,1-3H3. The van der Waals surface area contributed by atoms with Crippen molar-refractivity contribution < 1.29 is 31.9 Å². The minimum Gasteiger partial charge on any atom is -0.444 e. The van der Waals surface area contributed by atoms with Crippen LogP contribution in [0.1, 0.15) is 40.0 Å². The van der Waals surface area contributed by atoms with Crippen molar-refractivity contribution in [2.75, 3.05) is 18.0 Å². The first-order valence-corrected chi connectivity index (χ1v) is 10.8. The zero-order chi connectivity index (χ0) is 22.6. The van der Waals surface area contributed by atoms with Crippen LogP contribution in [0.25, 0.3) is 11.1 Å². The summed E-state index contributed by atoms with van der Waals surface area (Å²) in [5.41, 5.74) is 0.0123. The van der Waals surface area contributed by atoms with E-state index in [4.69, 9.17) is 9.15 Å². The van der Waals surface area contributed by atoms with Gasteiger partial charge in [-0.2, -0.15) is 4.98 Å². The van der Waals surface area contributed by atoms with Gasteiger partial charge in [0.1, 0.15) is 16.9 Å². The molecule has 170 valence electrons. The van der Waals surface area contributed by atoms with Gasteiger partial charge in [0.2, 0.25) is 0 Å². The smallest absolute Gasteiger partial charge is 0.444 e. The Hall–Kier alpha value is -2.17. The molecule has 2 aromatic rings. The van der Waals surface area contributed by atoms with E-state index in [1.54, 1.807) is 0 Å². The average Bonchev–Trinajstić information content (AvgIpc) is 3.02. The van der Waals surface area contributed by atoms with E-state index in [9.17, 15) is 18.0 Å². The molecule has 31 heavy (non-hydrogen) atoms. The van der Waals surface area contributed by atoms with Crippen LogP contribution >= 0.6 is 15.9 Å². The van der Waals surface area contributed by atoms with Gasteiger partial charge >= 0.3 is 12.5 Å². The number of hydrogen-bond acceptors (Lipinski definition) is 6. The van der Waals surface area contributed by atoms with Crippen molar-refractivity contribution in [3.8, 4) is 5.75 Å². The lowest BCUT2D eigenvalue weighted by molar-refractivity contribution is -0.274. The number of fused-ring (bicyclic) bond motifs is 3. The van der Waals surface area contributed by atoms with Crippen molar-refractivity contribution in [2.45, 2.75) is 64.1 Å². The fourth-order valence-corrected chi connectivity index (χ4v) is 4.67. The molecule has 11 heteroatoms. The molecule has 2 atom stereocenters. The number of hydrogen-bond donors (Lipinski definition) is 0. The Labute approximate surface area is 185 Å².